The third kappa shape index (κ3) is 4.66. The number of anilines is 1. The van der Waals surface area contributed by atoms with Gasteiger partial charge < -0.3 is 4.90 Å². The fraction of sp³-hybridized carbons (Fsp3) is 0.273. The maximum atomic E-state index is 13.1. The predicted octanol–water partition coefficient (Wildman–Crippen LogP) is 3.41. The average Bonchev–Trinajstić information content (AvgIpc) is 2.75. The normalized spacial score (nSPS) is 14.9. The molecule has 0 unspecified atom stereocenters. The van der Waals surface area contributed by atoms with E-state index < -0.39 is 0 Å². The summed E-state index contributed by atoms with van der Waals surface area (Å²) in [6.07, 6.45) is 1.65. The van der Waals surface area contributed by atoms with Crippen molar-refractivity contribution in [2.75, 3.05) is 31.1 Å². The molecule has 1 aliphatic rings. The van der Waals surface area contributed by atoms with Crippen LogP contribution in [0.15, 0.2) is 65.6 Å². The molecule has 2 heterocycles. The van der Waals surface area contributed by atoms with Crippen molar-refractivity contribution in [2.45, 2.75) is 13.1 Å². The minimum absolute atomic E-state index is 0.179. The lowest BCUT2D eigenvalue weighted by Crippen LogP contribution is -2.46. The van der Waals surface area contributed by atoms with Crippen molar-refractivity contribution in [2.24, 2.45) is 0 Å². The van der Waals surface area contributed by atoms with Gasteiger partial charge in [0, 0.05) is 32.7 Å². The Balaban J connectivity index is 1.42. The van der Waals surface area contributed by atoms with Gasteiger partial charge in [-0.05, 0) is 23.3 Å². The Morgan fingerprint density at radius 3 is 2.24 bits per heavy atom. The van der Waals surface area contributed by atoms with Crippen LogP contribution >= 0.6 is 11.6 Å². The molecule has 29 heavy (non-hydrogen) atoms. The first kappa shape index (κ1) is 19.6. The Hall–Kier alpha value is -2.70. The van der Waals surface area contributed by atoms with E-state index in [1.807, 2.05) is 6.07 Å². The molecule has 0 spiro atoms. The van der Waals surface area contributed by atoms with E-state index in [0.29, 0.717) is 5.69 Å². The maximum absolute atomic E-state index is 13.1. The molecular weight excluding hydrogens is 391 g/mol. The number of nitrogens with zero attached hydrogens (tertiary/aromatic N) is 4. The summed E-state index contributed by atoms with van der Waals surface area (Å²) in [5, 5.41) is 4.47. The van der Waals surface area contributed by atoms with Gasteiger partial charge in [0.2, 0.25) is 0 Å². The Morgan fingerprint density at radius 2 is 1.55 bits per heavy atom. The SMILES string of the molecule is O=c1c(Cl)c(N2CCN(Cc3ccccc3)CC2)cnn1Cc1ccc(F)cc1. The van der Waals surface area contributed by atoms with E-state index in [0.717, 1.165) is 38.3 Å². The molecule has 5 nitrogen and oxygen atoms in total. The Kier molecular flexibility index (Phi) is 5.92. The summed E-state index contributed by atoms with van der Waals surface area (Å²) in [5.41, 5.74) is 2.43. The van der Waals surface area contributed by atoms with Crippen molar-refractivity contribution in [3.63, 3.8) is 0 Å². The third-order valence-corrected chi connectivity index (χ3v) is 5.53. The van der Waals surface area contributed by atoms with Gasteiger partial charge in [-0.15, -0.1) is 0 Å². The number of halogens is 2. The van der Waals surface area contributed by atoms with Gasteiger partial charge in [0.1, 0.15) is 10.8 Å². The summed E-state index contributed by atoms with van der Waals surface area (Å²) in [4.78, 5) is 17.2. The molecule has 7 heteroatoms. The van der Waals surface area contributed by atoms with Gasteiger partial charge in [-0.1, -0.05) is 54.1 Å². The second-order valence-corrected chi connectivity index (χ2v) is 7.56. The van der Waals surface area contributed by atoms with Gasteiger partial charge >= 0.3 is 0 Å². The van der Waals surface area contributed by atoms with Gasteiger partial charge in [-0.25, -0.2) is 9.07 Å². The molecule has 0 saturated carbocycles. The molecule has 3 aromatic rings. The first-order valence-corrected chi connectivity index (χ1v) is 9.99. The first-order chi connectivity index (χ1) is 14.1. The molecule has 1 aromatic heterocycles. The zero-order valence-corrected chi connectivity index (χ0v) is 16.7. The van der Waals surface area contributed by atoms with Crippen LogP contribution in [0.3, 0.4) is 0 Å². The maximum Gasteiger partial charge on any atom is 0.287 e. The van der Waals surface area contributed by atoms with Crippen LogP contribution < -0.4 is 10.5 Å². The molecule has 1 fully saturated rings. The number of piperazine rings is 1. The highest BCUT2D eigenvalue weighted by molar-refractivity contribution is 6.33. The van der Waals surface area contributed by atoms with E-state index in [1.165, 1.54) is 22.4 Å². The quantitative estimate of drug-likeness (QED) is 0.644. The summed E-state index contributed by atoms with van der Waals surface area (Å²) in [6, 6.07) is 16.4. The molecule has 2 aromatic carbocycles. The molecule has 0 amide bonds. The molecular formula is C22H22ClFN4O. The highest BCUT2D eigenvalue weighted by Gasteiger charge is 2.21. The van der Waals surface area contributed by atoms with E-state index in [-0.39, 0.29) is 22.9 Å². The Bertz CT molecular complexity index is 1020. The minimum Gasteiger partial charge on any atom is -0.366 e. The molecule has 0 radical (unpaired) electrons. The molecule has 0 N–H and O–H groups in total. The van der Waals surface area contributed by atoms with Gasteiger partial charge in [0.05, 0.1) is 18.4 Å². The van der Waals surface area contributed by atoms with Crippen molar-refractivity contribution in [1.82, 2.24) is 14.7 Å². The molecule has 4 rings (SSSR count). The van der Waals surface area contributed by atoms with Crippen LogP contribution in [-0.4, -0.2) is 40.9 Å². The second kappa shape index (κ2) is 8.76. The lowest BCUT2D eigenvalue weighted by atomic mass is 10.2. The smallest absolute Gasteiger partial charge is 0.287 e. The lowest BCUT2D eigenvalue weighted by molar-refractivity contribution is 0.250. The van der Waals surface area contributed by atoms with Gasteiger partial charge in [0.15, 0.2) is 0 Å². The predicted molar refractivity (Wildman–Crippen MR) is 113 cm³/mol. The Morgan fingerprint density at radius 1 is 0.897 bits per heavy atom. The zero-order chi connectivity index (χ0) is 20.2. The molecule has 1 saturated heterocycles. The van der Waals surface area contributed by atoms with Gasteiger partial charge in [0.25, 0.3) is 5.56 Å². The van der Waals surface area contributed by atoms with E-state index >= 15 is 0 Å². The number of benzene rings is 2. The Labute approximate surface area is 173 Å². The van der Waals surface area contributed by atoms with Crippen LogP contribution in [0, 0.1) is 5.82 Å². The summed E-state index contributed by atoms with van der Waals surface area (Å²) < 4.78 is 14.4. The van der Waals surface area contributed by atoms with E-state index in [1.54, 1.807) is 18.3 Å². The second-order valence-electron chi connectivity index (χ2n) is 7.18. The summed E-state index contributed by atoms with van der Waals surface area (Å²) in [5.74, 6) is -0.311. The highest BCUT2D eigenvalue weighted by atomic mass is 35.5. The first-order valence-electron chi connectivity index (χ1n) is 9.61. The fourth-order valence-electron chi connectivity index (χ4n) is 3.54. The third-order valence-electron chi connectivity index (χ3n) is 5.17. The lowest BCUT2D eigenvalue weighted by Gasteiger charge is -2.36. The van der Waals surface area contributed by atoms with Crippen molar-refractivity contribution in [1.29, 1.82) is 0 Å². The van der Waals surface area contributed by atoms with Crippen molar-refractivity contribution in [3.05, 3.63) is 93.1 Å². The molecule has 1 aliphatic heterocycles. The fourth-order valence-corrected chi connectivity index (χ4v) is 3.81. The summed E-state index contributed by atoms with van der Waals surface area (Å²) in [6.45, 7) is 4.53. The number of rotatable bonds is 5. The monoisotopic (exact) mass is 412 g/mol. The highest BCUT2D eigenvalue weighted by Crippen LogP contribution is 2.23. The standard InChI is InChI=1S/C22H22ClFN4O/c23-21-20(14-25-28(22(21)29)16-18-6-8-19(24)9-7-18)27-12-10-26(11-13-27)15-17-4-2-1-3-5-17/h1-9,14H,10-13,15-16H2. The summed E-state index contributed by atoms with van der Waals surface area (Å²) in [7, 11) is 0. The molecule has 150 valence electrons. The van der Waals surface area contributed by atoms with E-state index in [4.69, 9.17) is 11.6 Å². The van der Waals surface area contributed by atoms with E-state index in [2.05, 4.69) is 39.2 Å². The minimum atomic E-state index is -0.333. The van der Waals surface area contributed by atoms with Crippen LogP contribution in [0.1, 0.15) is 11.1 Å². The molecule has 0 atom stereocenters. The van der Waals surface area contributed by atoms with Crippen LogP contribution in [0.2, 0.25) is 5.02 Å². The molecule has 0 bridgehead atoms. The van der Waals surface area contributed by atoms with Crippen molar-refractivity contribution < 1.29 is 4.39 Å². The van der Waals surface area contributed by atoms with E-state index in [9.17, 15) is 9.18 Å². The van der Waals surface area contributed by atoms with Crippen LogP contribution in [0.4, 0.5) is 10.1 Å². The zero-order valence-electron chi connectivity index (χ0n) is 16.0. The number of aromatic nitrogens is 2. The van der Waals surface area contributed by atoms with Gasteiger partial charge in [-0.3, -0.25) is 9.69 Å². The number of hydrogen-bond donors (Lipinski definition) is 0. The largest absolute Gasteiger partial charge is 0.366 e. The number of hydrogen-bond acceptors (Lipinski definition) is 4. The van der Waals surface area contributed by atoms with Crippen LogP contribution in [-0.2, 0) is 13.1 Å². The van der Waals surface area contributed by atoms with Crippen LogP contribution in [0.5, 0.6) is 0 Å². The van der Waals surface area contributed by atoms with Crippen molar-refractivity contribution >= 4 is 17.3 Å². The van der Waals surface area contributed by atoms with Crippen molar-refractivity contribution in [3.8, 4) is 0 Å². The van der Waals surface area contributed by atoms with Gasteiger partial charge in [-0.2, -0.15) is 5.10 Å². The average molecular weight is 413 g/mol. The summed E-state index contributed by atoms with van der Waals surface area (Å²) >= 11 is 6.40. The van der Waals surface area contributed by atoms with Crippen LogP contribution in [0.25, 0.3) is 0 Å². The topological polar surface area (TPSA) is 41.4 Å². The molecule has 0 aliphatic carbocycles.